The number of fused-ring (bicyclic) bond motifs is 1. The van der Waals surface area contributed by atoms with Crippen LogP contribution in [0.5, 0.6) is 5.75 Å². The molecule has 8 nitrogen and oxygen atoms in total. The fourth-order valence-corrected chi connectivity index (χ4v) is 3.82. The summed E-state index contributed by atoms with van der Waals surface area (Å²) in [6, 6.07) is 11.7. The third kappa shape index (κ3) is 5.52. The van der Waals surface area contributed by atoms with E-state index in [-0.39, 0.29) is 0 Å². The van der Waals surface area contributed by atoms with Gasteiger partial charge in [0.15, 0.2) is 0 Å². The Morgan fingerprint density at radius 2 is 1.88 bits per heavy atom. The van der Waals surface area contributed by atoms with Gasteiger partial charge in [-0.25, -0.2) is 10.4 Å². The Morgan fingerprint density at radius 3 is 2.66 bits per heavy atom. The predicted molar refractivity (Wildman–Crippen MR) is 129 cm³/mol. The molecule has 0 radical (unpaired) electrons. The molecule has 3 N–H and O–H groups in total. The highest BCUT2D eigenvalue weighted by Gasteiger charge is 2.10. The number of phenols is 1. The largest absolute Gasteiger partial charge is 0.507 e. The average molecular weight is 435 g/mol. The summed E-state index contributed by atoms with van der Waals surface area (Å²) in [5, 5.41) is 18.7. The molecule has 1 fully saturated rings. The number of anilines is 2. The number of hydrazone groups is 1. The lowest BCUT2D eigenvalue weighted by Gasteiger charge is -2.26. The van der Waals surface area contributed by atoms with Crippen molar-refractivity contribution in [1.29, 1.82) is 0 Å². The summed E-state index contributed by atoms with van der Waals surface area (Å²) >= 11 is 0. The van der Waals surface area contributed by atoms with Crippen molar-refractivity contribution in [3.63, 3.8) is 0 Å². The lowest BCUT2D eigenvalue weighted by molar-refractivity contribution is 0.0378. The van der Waals surface area contributed by atoms with Gasteiger partial charge in [0.05, 0.1) is 24.9 Å². The number of phenolic OH excluding ortho intramolecular Hbond substituents is 1. The summed E-state index contributed by atoms with van der Waals surface area (Å²) in [4.78, 5) is 11.7. The fraction of sp³-hybridized carbons (Fsp3) is 0.375. The fourth-order valence-electron chi connectivity index (χ4n) is 3.82. The number of nitrogens with zero attached hydrogens (tertiary/aromatic N) is 4. The van der Waals surface area contributed by atoms with Gasteiger partial charge in [-0.15, -0.1) is 0 Å². The topological polar surface area (TPSA) is 94.9 Å². The molecule has 0 saturated carbocycles. The van der Waals surface area contributed by atoms with Gasteiger partial charge in [-0.05, 0) is 67.8 Å². The molecule has 0 bridgehead atoms. The van der Waals surface area contributed by atoms with Crippen LogP contribution in [0.1, 0.15) is 23.1 Å². The minimum absolute atomic E-state index is 0.317. The van der Waals surface area contributed by atoms with Gasteiger partial charge in [-0.2, -0.15) is 10.1 Å². The standard InChI is InChI=1S/C24H30N6O2/c1-17-14-19(15-18(2)22(17)31)16-26-29-24-27-21-7-4-3-6-20(21)23(28-24)25-8-5-9-30-10-12-32-13-11-30/h3-4,6-7,14-16,31H,5,8-13H2,1-2H3,(H2,25,27,28,29)/b26-16+. The molecule has 1 aromatic heterocycles. The predicted octanol–water partition coefficient (Wildman–Crippen LogP) is 3.53. The van der Waals surface area contributed by atoms with Crippen molar-refractivity contribution in [2.75, 3.05) is 50.1 Å². The highest BCUT2D eigenvalue weighted by atomic mass is 16.5. The van der Waals surface area contributed by atoms with Crippen molar-refractivity contribution in [2.24, 2.45) is 5.10 Å². The molecule has 1 aliphatic rings. The van der Waals surface area contributed by atoms with Gasteiger partial charge in [0.2, 0.25) is 5.95 Å². The third-order valence-corrected chi connectivity index (χ3v) is 5.54. The molecule has 0 aliphatic carbocycles. The average Bonchev–Trinajstić information content (AvgIpc) is 2.81. The van der Waals surface area contributed by atoms with Crippen molar-refractivity contribution in [2.45, 2.75) is 20.3 Å². The zero-order valence-electron chi connectivity index (χ0n) is 18.6. The smallest absolute Gasteiger partial charge is 0.246 e. The third-order valence-electron chi connectivity index (χ3n) is 5.54. The van der Waals surface area contributed by atoms with E-state index in [9.17, 15) is 5.11 Å². The molecule has 0 unspecified atom stereocenters. The molecular weight excluding hydrogens is 404 g/mol. The van der Waals surface area contributed by atoms with Gasteiger partial charge in [-0.1, -0.05) is 12.1 Å². The Hall–Kier alpha value is -3.23. The maximum Gasteiger partial charge on any atom is 0.246 e. The van der Waals surface area contributed by atoms with E-state index in [0.717, 1.165) is 79.2 Å². The molecule has 2 aromatic carbocycles. The number of rotatable bonds is 8. The summed E-state index contributed by atoms with van der Waals surface area (Å²) in [6.07, 6.45) is 2.73. The van der Waals surface area contributed by atoms with Crippen molar-refractivity contribution >= 4 is 28.9 Å². The monoisotopic (exact) mass is 434 g/mol. The Bertz CT molecular complexity index is 1070. The number of aromatic nitrogens is 2. The molecular formula is C24H30N6O2. The summed E-state index contributed by atoms with van der Waals surface area (Å²) in [5.41, 5.74) is 6.33. The van der Waals surface area contributed by atoms with Crippen LogP contribution in [0.3, 0.4) is 0 Å². The van der Waals surface area contributed by atoms with Crippen LogP contribution < -0.4 is 10.7 Å². The second-order valence-electron chi connectivity index (χ2n) is 8.02. The van der Waals surface area contributed by atoms with Crippen molar-refractivity contribution < 1.29 is 9.84 Å². The van der Waals surface area contributed by atoms with Crippen LogP contribution in [0.2, 0.25) is 0 Å². The van der Waals surface area contributed by atoms with E-state index in [4.69, 9.17) is 4.74 Å². The molecule has 0 spiro atoms. The summed E-state index contributed by atoms with van der Waals surface area (Å²) in [7, 11) is 0. The van der Waals surface area contributed by atoms with Crippen LogP contribution in [0, 0.1) is 13.8 Å². The number of hydrogen-bond donors (Lipinski definition) is 3. The molecule has 8 heteroatoms. The number of para-hydroxylation sites is 1. The first kappa shape index (κ1) is 22.0. The van der Waals surface area contributed by atoms with Crippen molar-refractivity contribution in [3.05, 3.63) is 53.1 Å². The Labute approximate surface area is 188 Å². The molecule has 0 amide bonds. The van der Waals surface area contributed by atoms with Crippen LogP contribution in [0.25, 0.3) is 10.9 Å². The number of ether oxygens (including phenoxy) is 1. The minimum atomic E-state index is 0.317. The van der Waals surface area contributed by atoms with Crippen molar-refractivity contribution in [3.8, 4) is 5.75 Å². The summed E-state index contributed by atoms with van der Waals surface area (Å²) < 4.78 is 5.41. The van der Waals surface area contributed by atoms with Gasteiger partial charge in [0, 0.05) is 25.0 Å². The summed E-state index contributed by atoms with van der Waals surface area (Å²) in [5.74, 6) is 1.55. The number of benzene rings is 2. The zero-order chi connectivity index (χ0) is 22.3. The minimum Gasteiger partial charge on any atom is -0.507 e. The van der Waals surface area contributed by atoms with Crippen LogP contribution in [-0.2, 0) is 4.74 Å². The van der Waals surface area contributed by atoms with E-state index < -0.39 is 0 Å². The maximum atomic E-state index is 9.93. The van der Waals surface area contributed by atoms with Crippen LogP contribution >= 0.6 is 0 Å². The second kappa shape index (κ2) is 10.4. The molecule has 1 aliphatic heterocycles. The van der Waals surface area contributed by atoms with Gasteiger partial charge >= 0.3 is 0 Å². The first-order valence-electron chi connectivity index (χ1n) is 11.0. The number of aryl methyl sites for hydroxylation is 2. The van der Waals surface area contributed by atoms with Gasteiger partial charge < -0.3 is 15.2 Å². The van der Waals surface area contributed by atoms with Crippen LogP contribution in [0.4, 0.5) is 11.8 Å². The molecule has 0 atom stereocenters. The number of aromatic hydroxyl groups is 1. The first-order valence-corrected chi connectivity index (χ1v) is 11.0. The van der Waals surface area contributed by atoms with E-state index in [0.29, 0.717) is 11.7 Å². The lowest BCUT2D eigenvalue weighted by Crippen LogP contribution is -2.37. The molecule has 1 saturated heterocycles. The Kier molecular flexibility index (Phi) is 7.14. The number of nitrogens with one attached hydrogen (secondary N) is 2. The summed E-state index contributed by atoms with van der Waals surface area (Å²) in [6.45, 7) is 9.26. The van der Waals surface area contributed by atoms with E-state index in [1.807, 2.05) is 50.2 Å². The van der Waals surface area contributed by atoms with E-state index in [2.05, 4.69) is 30.7 Å². The van der Waals surface area contributed by atoms with Gasteiger partial charge in [0.25, 0.3) is 0 Å². The lowest BCUT2D eigenvalue weighted by atomic mass is 10.1. The zero-order valence-corrected chi connectivity index (χ0v) is 18.6. The normalized spacial score (nSPS) is 14.8. The van der Waals surface area contributed by atoms with E-state index >= 15 is 0 Å². The van der Waals surface area contributed by atoms with Crippen LogP contribution in [-0.4, -0.2) is 65.6 Å². The quantitative estimate of drug-likeness (QED) is 0.284. The van der Waals surface area contributed by atoms with E-state index in [1.54, 1.807) is 6.21 Å². The molecule has 3 aromatic rings. The van der Waals surface area contributed by atoms with Gasteiger partial charge in [0.1, 0.15) is 11.6 Å². The second-order valence-corrected chi connectivity index (χ2v) is 8.02. The highest BCUT2D eigenvalue weighted by molar-refractivity contribution is 5.90. The molecule has 168 valence electrons. The first-order chi connectivity index (χ1) is 15.6. The Balaban J connectivity index is 1.43. The SMILES string of the molecule is Cc1cc(/C=N/Nc2nc(NCCCN3CCOCC3)c3ccccc3n2)cc(C)c1O. The molecule has 2 heterocycles. The van der Waals surface area contributed by atoms with Gasteiger partial charge in [-0.3, -0.25) is 4.90 Å². The number of morpholine rings is 1. The molecule has 4 rings (SSSR count). The van der Waals surface area contributed by atoms with Crippen LogP contribution in [0.15, 0.2) is 41.5 Å². The highest BCUT2D eigenvalue weighted by Crippen LogP contribution is 2.23. The Morgan fingerprint density at radius 1 is 1.12 bits per heavy atom. The van der Waals surface area contributed by atoms with E-state index in [1.165, 1.54) is 0 Å². The van der Waals surface area contributed by atoms with Crippen molar-refractivity contribution in [1.82, 2.24) is 14.9 Å². The number of hydrogen-bond acceptors (Lipinski definition) is 8. The molecule has 32 heavy (non-hydrogen) atoms. The maximum absolute atomic E-state index is 9.93.